The maximum absolute atomic E-state index is 12.4. The summed E-state index contributed by atoms with van der Waals surface area (Å²) in [6, 6.07) is 4.03. The number of terminal acetylenes is 1. The highest BCUT2D eigenvalue weighted by atomic mass is 32.1. The summed E-state index contributed by atoms with van der Waals surface area (Å²) in [4.78, 5) is 21.8. The van der Waals surface area contributed by atoms with Crippen LogP contribution in [0.3, 0.4) is 0 Å². The Bertz CT molecular complexity index is 855. The third-order valence-electron chi connectivity index (χ3n) is 3.27. The van der Waals surface area contributed by atoms with E-state index in [9.17, 15) is 4.79 Å². The predicted octanol–water partition coefficient (Wildman–Crippen LogP) is 1.97. The van der Waals surface area contributed by atoms with E-state index in [2.05, 4.69) is 15.9 Å². The second-order valence-electron chi connectivity index (χ2n) is 4.69. The number of quaternary nitrogens is 1. The summed E-state index contributed by atoms with van der Waals surface area (Å²) in [5.74, 6) is 3.24. The van der Waals surface area contributed by atoms with Gasteiger partial charge in [0.25, 0.3) is 5.56 Å². The molecule has 0 saturated carbocycles. The second kappa shape index (κ2) is 5.82. The fraction of sp³-hybridized carbons (Fsp3) is 0.200. The van der Waals surface area contributed by atoms with Gasteiger partial charge in [-0.3, -0.25) is 4.79 Å². The standard InChI is InChI=1S/C15H13N3OS2/c1-3-6-16-9(2)13-17-14(19)12-10(8-21-15(12)18-13)11-5-4-7-20-11/h1,4-5,7-9,16H,6H2,2H3,(H,17,18,19)/p+1/t9-/m0/s1. The van der Waals surface area contributed by atoms with Gasteiger partial charge in [0, 0.05) is 15.8 Å². The zero-order valence-electron chi connectivity index (χ0n) is 11.4. The molecule has 0 amide bonds. The van der Waals surface area contributed by atoms with Crippen molar-refractivity contribution in [3.8, 4) is 22.8 Å². The first-order valence-corrected chi connectivity index (χ1v) is 8.28. The molecule has 3 heterocycles. The lowest BCUT2D eigenvalue weighted by atomic mass is 10.2. The smallest absolute Gasteiger partial charge is 0.260 e. The number of nitrogens with two attached hydrogens (primary N) is 1. The first kappa shape index (κ1) is 14.0. The zero-order valence-corrected chi connectivity index (χ0v) is 13.1. The van der Waals surface area contributed by atoms with E-state index >= 15 is 0 Å². The summed E-state index contributed by atoms with van der Waals surface area (Å²) < 4.78 is 0. The molecule has 0 aliphatic heterocycles. The van der Waals surface area contributed by atoms with Gasteiger partial charge >= 0.3 is 0 Å². The molecule has 3 aromatic heterocycles. The van der Waals surface area contributed by atoms with Crippen molar-refractivity contribution in [1.29, 1.82) is 0 Å². The highest BCUT2D eigenvalue weighted by molar-refractivity contribution is 7.18. The Labute approximate surface area is 129 Å². The average molecular weight is 316 g/mol. The quantitative estimate of drug-likeness (QED) is 0.723. The van der Waals surface area contributed by atoms with Gasteiger partial charge in [-0.05, 0) is 24.3 Å². The molecule has 0 unspecified atom stereocenters. The van der Waals surface area contributed by atoms with Crippen LogP contribution in [0.4, 0.5) is 0 Å². The Morgan fingerprint density at radius 1 is 1.52 bits per heavy atom. The van der Waals surface area contributed by atoms with Crippen molar-refractivity contribution in [1.82, 2.24) is 9.97 Å². The monoisotopic (exact) mass is 316 g/mol. The Kier molecular flexibility index (Phi) is 3.88. The van der Waals surface area contributed by atoms with Crippen LogP contribution in [0.2, 0.25) is 0 Å². The van der Waals surface area contributed by atoms with Gasteiger partial charge in [-0.2, -0.15) is 0 Å². The first-order valence-electron chi connectivity index (χ1n) is 6.52. The summed E-state index contributed by atoms with van der Waals surface area (Å²) in [6.45, 7) is 2.54. The van der Waals surface area contributed by atoms with E-state index in [1.165, 1.54) is 11.3 Å². The van der Waals surface area contributed by atoms with E-state index < -0.39 is 0 Å². The molecule has 21 heavy (non-hydrogen) atoms. The Morgan fingerprint density at radius 3 is 3.10 bits per heavy atom. The molecule has 0 fully saturated rings. The third kappa shape index (κ3) is 2.63. The largest absolute Gasteiger partial charge is 0.328 e. The lowest BCUT2D eigenvalue weighted by Crippen LogP contribution is -2.84. The molecule has 3 aromatic rings. The number of rotatable bonds is 4. The van der Waals surface area contributed by atoms with Gasteiger partial charge in [0.2, 0.25) is 0 Å². The van der Waals surface area contributed by atoms with Crippen LogP contribution in [-0.2, 0) is 0 Å². The first-order chi connectivity index (χ1) is 10.2. The molecule has 0 aliphatic rings. The molecule has 0 aromatic carbocycles. The van der Waals surface area contributed by atoms with E-state index in [0.29, 0.717) is 17.8 Å². The molecule has 0 saturated heterocycles. The van der Waals surface area contributed by atoms with Gasteiger partial charge in [-0.25, -0.2) is 4.98 Å². The number of fused-ring (bicyclic) bond motifs is 1. The molecule has 6 heteroatoms. The molecule has 0 radical (unpaired) electrons. The van der Waals surface area contributed by atoms with Crippen molar-refractivity contribution in [2.75, 3.05) is 6.54 Å². The van der Waals surface area contributed by atoms with Crippen LogP contribution >= 0.6 is 22.7 Å². The number of thiophene rings is 2. The van der Waals surface area contributed by atoms with E-state index in [4.69, 9.17) is 6.42 Å². The zero-order chi connectivity index (χ0) is 14.8. The lowest BCUT2D eigenvalue weighted by Gasteiger charge is -2.07. The summed E-state index contributed by atoms with van der Waals surface area (Å²) >= 11 is 3.13. The van der Waals surface area contributed by atoms with Crippen LogP contribution in [0.1, 0.15) is 18.8 Å². The normalized spacial score (nSPS) is 12.4. The fourth-order valence-electron chi connectivity index (χ4n) is 2.15. The van der Waals surface area contributed by atoms with E-state index in [-0.39, 0.29) is 11.6 Å². The topological polar surface area (TPSA) is 62.4 Å². The molecular formula is C15H14N3OS2+. The minimum atomic E-state index is -0.0828. The van der Waals surface area contributed by atoms with Gasteiger partial charge in [-0.15, -0.1) is 29.1 Å². The van der Waals surface area contributed by atoms with Crippen molar-refractivity contribution in [2.24, 2.45) is 0 Å². The number of H-pyrrole nitrogens is 1. The Hall–Kier alpha value is -1.94. The molecule has 106 valence electrons. The van der Waals surface area contributed by atoms with Crippen LogP contribution in [-0.4, -0.2) is 16.5 Å². The van der Waals surface area contributed by atoms with Crippen LogP contribution in [0.15, 0.2) is 27.7 Å². The van der Waals surface area contributed by atoms with Gasteiger partial charge in [0.1, 0.15) is 17.4 Å². The van der Waals surface area contributed by atoms with E-state index in [1.54, 1.807) is 11.3 Å². The summed E-state index contributed by atoms with van der Waals surface area (Å²) in [5, 5.41) is 6.65. The van der Waals surface area contributed by atoms with Gasteiger partial charge in [0.15, 0.2) is 5.82 Å². The minimum absolute atomic E-state index is 0.0328. The van der Waals surface area contributed by atoms with Gasteiger partial charge in [-0.1, -0.05) is 6.07 Å². The second-order valence-corrected chi connectivity index (χ2v) is 6.50. The van der Waals surface area contributed by atoms with E-state index in [0.717, 1.165) is 15.3 Å². The summed E-state index contributed by atoms with van der Waals surface area (Å²) in [6.07, 6.45) is 5.26. The fourth-order valence-corrected chi connectivity index (χ4v) is 3.92. The van der Waals surface area contributed by atoms with E-state index in [1.807, 2.05) is 35.1 Å². The molecule has 0 spiro atoms. The molecule has 3 rings (SSSR count). The Morgan fingerprint density at radius 2 is 2.38 bits per heavy atom. The number of aromatic amines is 1. The van der Waals surface area contributed by atoms with Crippen LogP contribution < -0.4 is 10.9 Å². The molecule has 0 aliphatic carbocycles. The van der Waals surface area contributed by atoms with Crippen molar-refractivity contribution in [3.05, 3.63) is 39.1 Å². The molecule has 4 nitrogen and oxygen atoms in total. The minimum Gasteiger partial charge on any atom is -0.328 e. The SMILES string of the molecule is C#CC[NH2+][C@@H](C)c1nc2scc(-c3cccs3)c2c(=O)[nH]1. The molecule has 0 bridgehead atoms. The molecule has 3 N–H and O–H groups in total. The van der Waals surface area contributed by atoms with Crippen LogP contribution in [0.5, 0.6) is 0 Å². The van der Waals surface area contributed by atoms with Gasteiger partial charge < -0.3 is 10.3 Å². The summed E-state index contributed by atoms with van der Waals surface area (Å²) in [7, 11) is 0. The molecule has 1 atom stereocenters. The van der Waals surface area contributed by atoms with Crippen molar-refractivity contribution in [2.45, 2.75) is 13.0 Å². The number of nitrogens with one attached hydrogen (secondary N) is 1. The van der Waals surface area contributed by atoms with Crippen LogP contribution in [0.25, 0.3) is 20.7 Å². The number of hydrogen-bond donors (Lipinski definition) is 2. The highest BCUT2D eigenvalue weighted by Crippen LogP contribution is 2.33. The third-order valence-corrected chi connectivity index (χ3v) is 5.04. The maximum atomic E-state index is 12.4. The highest BCUT2D eigenvalue weighted by Gasteiger charge is 2.17. The van der Waals surface area contributed by atoms with Crippen molar-refractivity contribution < 1.29 is 5.32 Å². The summed E-state index contributed by atoms with van der Waals surface area (Å²) in [5.41, 5.74) is 0.881. The number of aromatic nitrogens is 2. The van der Waals surface area contributed by atoms with Crippen LogP contribution in [0, 0.1) is 12.3 Å². The predicted molar refractivity (Wildman–Crippen MR) is 87.6 cm³/mol. The van der Waals surface area contributed by atoms with Crippen molar-refractivity contribution in [3.63, 3.8) is 0 Å². The average Bonchev–Trinajstić information content (AvgIpc) is 3.12. The number of hydrogen-bond acceptors (Lipinski definition) is 4. The maximum Gasteiger partial charge on any atom is 0.260 e. The number of nitrogens with zero attached hydrogens (tertiary/aromatic N) is 1. The van der Waals surface area contributed by atoms with Gasteiger partial charge in [0.05, 0.1) is 5.39 Å². The Balaban J connectivity index is 2.07. The lowest BCUT2D eigenvalue weighted by molar-refractivity contribution is -0.683. The van der Waals surface area contributed by atoms with Crippen molar-refractivity contribution >= 4 is 32.9 Å². The molecular weight excluding hydrogens is 302 g/mol.